The maximum Gasteiger partial charge on any atom is 0.472 e. The number of unbranched alkanes of at least 4 members (excludes halogenated alkanes) is 2. The predicted octanol–water partition coefficient (Wildman–Crippen LogP) is 1.47. The second kappa shape index (κ2) is 12.5. The van der Waals surface area contributed by atoms with Crippen molar-refractivity contribution in [2.75, 3.05) is 40.1 Å². The van der Waals surface area contributed by atoms with E-state index in [4.69, 9.17) is 19.7 Å². The largest absolute Gasteiger partial charge is 0.472 e. The van der Waals surface area contributed by atoms with Crippen molar-refractivity contribution in [3.63, 3.8) is 0 Å². The van der Waals surface area contributed by atoms with E-state index >= 15 is 0 Å². The number of allylic oxidation sites excluding steroid dienone is 1. The van der Waals surface area contributed by atoms with Crippen LogP contribution in [0.2, 0.25) is 0 Å². The van der Waals surface area contributed by atoms with Crippen molar-refractivity contribution in [3.8, 4) is 0 Å². The average molecular weight is 311 g/mol. The fraction of sp³-hybridized carbons (Fsp3) is 0.833. The minimum absolute atomic E-state index is 0.0366. The highest BCUT2D eigenvalue weighted by atomic mass is 31.2. The number of methoxy groups -OCH3 is 1. The Hall–Kier alpha value is -0.270. The lowest BCUT2D eigenvalue weighted by Gasteiger charge is -2.19. The van der Waals surface area contributed by atoms with E-state index in [1.165, 1.54) is 7.11 Å². The fourth-order valence-corrected chi connectivity index (χ4v) is 2.12. The number of hydrogen-bond acceptors (Lipinski definition) is 6. The van der Waals surface area contributed by atoms with Gasteiger partial charge in [0.25, 0.3) is 0 Å². The van der Waals surface area contributed by atoms with E-state index in [0.717, 1.165) is 19.3 Å². The third kappa shape index (κ3) is 11.5. The van der Waals surface area contributed by atoms with Gasteiger partial charge >= 0.3 is 7.82 Å². The Morgan fingerprint density at radius 2 is 2.05 bits per heavy atom. The minimum atomic E-state index is -4.07. The van der Waals surface area contributed by atoms with E-state index in [1.807, 2.05) is 6.08 Å². The second-order valence-electron chi connectivity index (χ2n) is 4.12. The van der Waals surface area contributed by atoms with E-state index < -0.39 is 13.9 Å². The first-order valence-electron chi connectivity index (χ1n) is 6.59. The molecule has 0 rings (SSSR count). The summed E-state index contributed by atoms with van der Waals surface area (Å²) in [6.45, 7) is 4.49. The van der Waals surface area contributed by atoms with E-state index in [2.05, 4.69) is 11.1 Å². The van der Waals surface area contributed by atoms with Crippen LogP contribution in [0.25, 0.3) is 0 Å². The summed E-state index contributed by atoms with van der Waals surface area (Å²) in [6.07, 6.45) is 4.25. The lowest BCUT2D eigenvalue weighted by atomic mass is 10.2. The molecule has 0 bridgehead atoms. The van der Waals surface area contributed by atoms with E-state index in [0.29, 0.717) is 6.61 Å². The highest BCUT2D eigenvalue weighted by molar-refractivity contribution is 7.47. The minimum Gasteiger partial charge on any atom is -0.382 e. The van der Waals surface area contributed by atoms with Crippen LogP contribution in [0.1, 0.15) is 19.3 Å². The van der Waals surface area contributed by atoms with Crippen LogP contribution in [-0.2, 0) is 23.1 Å². The molecule has 0 aliphatic rings. The number of phosphoric ester groups is 1. The van der Waals surface area contributed by atoms with Crippen LogP contribution in [0.5, 0.6) is 0 Å². The Morgan fingerprint density at radius 3 is 2.65 bits per heavy atom. The lowest BCUT2D eigenvalue weighted by molar-refractivity contribution is -0.0330. The van der Waals surface area contributed by atoms with Crippen molar-refractivity contribution in [2.45, 2.75) is 25.4 Å². The summed E-state index contributed by atoms with van der Waals surface area (Å²) in [5.74, 6) is 0. The summed E-state index contributed by atoms with van der Waals surface area (Å²) in [4.78, 5) is 9.35. The highest BCUT2D eigenvalue weighted by Crippen LogP contribution is 2.42. The third-order valence-electron chi connectivity index (χ3n) is 2.30. The van der Waals surface area contributed by atoms with Gasteiger partial charge in [-0.05, 0) is 19.3 Å². The van der Waals surface area contributed by atoms with Crippen LogP contribution < -0.4 is 5.73 Å². The summed E-state index contributed by atoms with van der Waals surface area (Å²) in [6, 6.07) is 0. The zero-order valence-electron chi connectivity index (χ0n) is 12.0. The van der Waals surface area contributed by atoms with Gasteiger partial charge in [0.1, 0.15) is 6.10 Å². The molecule has 3 N–H and O–H groups in total. The molecular weight excluding hydrogens is 285 g/mol. The van der Waals surface area contributed by atoms with Gasteiger partial charge < -0.3 is 20.1 Å². The molecule has 20 heavy (non-hydrogen) atoms. The SMILES string of the molecule is C=CCCCCOC(COC)COP(=O)(O)OCCN. The molecule has 0 radical (unpaired) electrons. The van der Waals surface area contributed by atoms with Gasteiger partial charge in [0.05, 0.1) is 19.8 Å². The predicted molar refractivity (Wildman–Crippen MR) is 76.4 cm³/mol. The molecule has 120 valence electrons. The zero-order chi connectivity index (χ0) is 15.3. The van der Waals surface area contributed by atoms with Crippen molar-refractivity contribution in [1.29, 1.82) is 0 Å². The van der Waals surface area contributed by atoms with Gasteiger partial charge in [0, 0.05) is 20.3 Å². The first kappa shape index (κ1) is 19.7. The van der Waals surface area contributed by atoms with Gasteiger partial charge in [0.2, 0.25) is 0 Å². The molecule has 7 nitrogen and oxygen atoms in total. The zero-order valence-corrected chi connectivity index (χ0v) is 12.9. The van der Waals surface area contributed by atoms with Crippen molar-refractivity contribution < 1.29 is 28.0 Å². The Balaban J connectivity index is 3.94. The van der Waals surface area contributed by atoms with Crippen LogP contribution in [-0.4, -0.2) is 51.1 Å². The Labute approximate surface area is 120 Å². The van der Waals surface area contributed by atoms with E-state index in [-0.39, 0.29) is 26.4 Å². The van der Waals surface area contributed by atoms with E-state index in [1.54, 1.807) is 0 Å². The maximum atomic E-state index is 11.4. The molecule has 0 fully saturated rings. The van der Waals surface area contributed by atoms with Gasteiger partial charge in [-0.1, -0.05) is 6.08 Å². The molecule has 2 unspecified atom stereocenters. The number of rotatable bonds is 14. The summed E-state index contributed by atoms with van der Waals surface area (Å²) < 4.78 is 31.4. The molecule has 0 aliphatic carbocycles. The molecule has 8 heteroatoms. The molecule has 0 aromatic rings. The lowest BCUT2D eigenvalue weighted by Crippen LogP contribution is -2.25. The number of hydrogen-bond donors (Lipinski definition) is 2. The van der Waals surface area contributed by atoms with Gasteiger partial charge in [-0.3, -0.25) is 9.05 Å². The summed E-state index contributed by atoms with van der Waals surface area (Å²) >= 11 is 0. The molecule has 0 aromatic carbocycles. The summed E-state index contributed by atoms with van der Waals surface area (Å²) in [7, 11) is -2.54. The highest BCUT2D eigenvalue weighted by Gasteiger charge is 2.23. The molecule has 0 heterocycles. The standard InChI is InChI=1S/C12H26NO6P/c1-3-4-5-6-8-17-12(10-16-2)11-19-20(14,15)18-9-7-13/h3,12H,1,4-11,13H2,2H3,(H,14,15). The van der Waals surface area contributed by atoms with Crippen LogP contribution in [0.3, 0.4) is 0 Å². The quantitative estimate of drug-likeness (QED) is 0.284. The van der Waals surface area contributed by atoms with Gasteiger partial charge in [-0.15, -0.1) is 6.58 Å². The normalized spacial score (nSPS) is 15.8. The van der Waals surface area contributed by atoms with Crippen molar-refractivity contribution in [2.24, 2.45) is 5.73 Å². The molecular formula is C12H26NO6P. The monoisotopic (exact) mass is 311 g/mol. The van der Waals surface area contributed by atoms with Crippen LogP contribution >= 0.6 is 7.82 Å². The van der Waals surface area contributed by atoms with Gasteiger partial charge in [0.15, 0.2) is 0 Å². The molecule has 2 atom stereocenters. The van der Waals surface area contributed by atoms with Crippen molar-refractivity contribution in [1.82, 2.24) is 0 Å². The molecule has 0 aliphatic heterocycles. The van der Waals surface area contributed by atoms with Crippen LogP contribution in [0, 0.1) is 0 Å². The smallest absolute Gasteiger partial charge is 0.382 e. The Morgan fingerprint density at radius 1 is 1.30 bits per heavy atom. The Kier molecular flexibility index (Phi) is 12.3. The van der Waals surface area contributed by atoms with Crippen molar-refractivity contribution in [3.05, 3.63) is 12.7 Å². The van der Waals surface area contributed by atoms with E-state index in [9.17, 15) is 9.46 Å². The first-order chi connectivity index (χ1) is 9.55. The first-order valence-corrected chi connectivity index (χ1v) is 8.08. The number of phosphoric acid groups is 1. The molecule has 0 saturated carbocycles. The van der Waals surface area contributed by atoms with Crippen LogP contribution in [0.4, 0.5) is 0 Å². The Bertz CT molecular complexity index is 289. The number of nitrogens with two attached hydrogens (primary N) is 1. The molecule has 0 aromatic heterocycles. The maximum absolute atomic E-state index is 11.4. The summed E-state index contributed by atoms with van der Waals surface area (Å²) in [5.41, 5.74) is 5.18. The van der Waals surface area contributed by atoms with Gasteiger partial charge in [-0.2, -0.15) is 0 Å². The molecule has 0 spiro atoms. The molecule has 0 saturated heterocycles. The fourth-order valence-electron chi connectivity index (χ4n) is 1.35. The van der Waals surface area contributed by atoms with Crippen LogP contribution in [0.15, 0.2) is 12.7 Å². The number of ether oxygens (including phenoxy) is 2. The van der Waals surface area contributed by atoms with Gasteiger partial charge in [-0.25, -0.2) is 4.57 Å². The third-order valence-corrected chi connectivity index (χ3v) is 3.29. The molecule has 0 amide bonds. The summed E-state index contributed by atoms with van der Waals surface area (Å²) in [5, 5.41) is 0. The van der Waals surface area contributed by atoms with Crippen molar-refractivity contribution >= 4 is 7.82 Å². The topological polar surface area (TPSA) is 100 Å². The second-order valence-corrected chi connectivity index (χ2v) is 5.57. The average Bonchev–Trinajstić information content (AvgIpc) is 2.42.